The fraction of sp³-hybridized carbons (Fsp3) is 0.600. The monoisotopic (exact) mass is 321 g/mol. The molecule has 120 valence electrons. The SMILES string of the molecule is CCCNC(C)c1ccc(SCCOCC(F)(F)F)cc1. The van der Waals surface area contributed by atoms with Crippen molar-refractivity contribution in [3.8, 4) is 0 Å². The molecule has 0 aliphatic heterocycles. The van der Waals surface area contributed by atoms with Crippen LogP contribution in [0.25, 0.3) is 0 Å². The van der Waals surface area contributed by atoms with Gasteiger partial charge in [-0.1, -0.05) is 19.1 Å². The first kappa shape index (κ1) is 18.3. The van der Waals surface area contributed by atoms with Crippen LogP contribution in [0.5, 0.6) is 0 Å². The van der Waals surface area contributed by atoms with E-state index in [0.717, 1.165) is 17.9 Å². The van der Waals surface area contributed by atoms with E-state index in [0.29, 0.717) is 11.8 Å². The Morgan fingerprint density at radius 3 is 2.48 bits per heavy atom. The molecular formula is C15H22F3NOS. The van der Waals surface area contributed by atoms with Crippen molar-refractivity contribution in [2.75, 3.05) is 25.5 Å². The first-order chi connectivity index (χ1) is 9.92. The third kappa shape index (κ3) is 8.34. The molecule has 0 spiro atoms. The molecule has 1 atom stereocenters. The maximum atomic E-state index is 11.9. The van der Waals surface area contributed by atoms with Gasteiger partial charge in [0.25, 0.3) is 0 Å². The molecule has 0 aliphatic rings. The van der Waals surface area contributed by atoms with E-state index in [1.165, 1.54) is 17.3 Å². The lowest BCUT2D eigenvalue weighted by molar-refractivity contribution is -0.172. The number of hydrogen-bond acceptors (Lipinski definition) is 3. The molecule has 1 unspecified atom stereocenters. The van der Waals surface area contributed by atoms with Crippen molar-refractivity contribution in [3.05, 3.63) is 29.8 Å². The summed E-state index contributed by atoms with van der Waals surface area (Å²) in [5.41, 5.74) is 1.21. The van der Waals surface area contributed by atoms with Gasteiger partial charge in [-0.25, -0.2) is 0 Å². The number of halogens is 3. The lowest BCUT2D eigenvalue weighted by Gasteiger charge is -2.14. The van der Waals surface area contributed by atoms with Crippen LogP contribution < -0.4 is 5.32 Å². The molecule has 0 bridgehead atoms. The first-order valence-electron chi connectivity index (χ1n) is 7.03. The van der Waals surface area contributed by atoms with Crippen LogP contribution in [-0.4, -0.2) is 31.7 Å². The Morgan fingerprint density at radius 1 is 1.24 bits per heavy atom. The van der Waals surface area contributed by atoms with Crippen molar-refractivity contribution in [3.63, 3.8) is 0 Å². The van der Waals surface area contributed by atoms with E-state index in [2.05, 4.69) is 23.9 Å². The van der Waals surface area contributed by atoms with Crippen LogP contribution >= 0.6 is 11.8 Å². The number of nitrogens with one attached hydrogen (secondary N) is 1. The van der Waals surface area contributed by atoms with Crippen molar-refractivity contribution in [2.45, 2.75) is 37.4 Å². The van der Waals surface area contributed by atoms with E-state index in [-0.39, 0.29) is 6.61 Å². The number of benzene rings is 1. The summed E-state index contributed by atoms with van der Waals surface area (Å²) in [5.74, 6) is 0.513. The van der Waals surface area contributed by atoms with E-state index in [1.807, 2.05) is 24.3 Å². The summed E-state index contributed by atoms with van der Waals surface area (Å²) < 4.78 is 40.2. The summed E-state index contributed by atoms with van der Waals surface area (Å²) >= 11 is 1.50. The molecule has 0 heterocycles. The number of thioether (sulfide) groups is 1. The number of alkyl halides is 3. The molecule has 21 heavy (non-hydrogen) atoms. The molecule has 0 aliphatic carbocycles. The van der Waals surface area contributed by atoms with Crippen LogP contribution in [-0.2, 0) is 4.74 Å². The van der Waals surface area contributed by atoms with E-state index < -0.39 is 12.8 Å². The van der Waals surface area contributed by atoms with Crippen LogP contribution in [0.4, 0.5) is 13.2 Å². The standard InChI is InChI=1S/C15H22F3NOS/c1-3-8-19-12(2)13-4-6-14(7-5-13)21-10-9-20-11-15(16,17)18/h4-7,12,19H,3,8-11H2,1-2H3. The van der Waals surface area contributed by atoms with E-state index in [4.69, 9.17) is 0 Å². The van der Waals surface area contributed by atoms with Gasteiger partial charge in [0.1, 0.15) is 6.61 Å². The molecule has 1 rings (SSSR count). The normalized spacial score (nSPS) is 13.4. The highest BCUT2D eigenvalue weighted by Gasteiger charge is 2.27. The molecule has 0 saturated heterocycles. The van der Waals surface area contributed by atoms with E-state index in [9.17, 15) is 13.2 Å². The smallest absolute Gasteiger partial charge is 0.371 e. The molecular weight excluding hydrogens is 299 g/mol. The number of rotatable bonds is 9. The van der Waals surface area contributed by atoms with Crippen LogP contribution in [0.15, 0.2) is 29.2 Å². The van der Waals surface area contributed by atoms with Crippen LogP contribution in [0.2, 0.25) is 0 Å². The molecule has 2 nitrogen and oxygen atoms in total. The fourth-order valence-corrected chi connectivity index (χ4v) is 2.50. The predicted molar refractivity (Wildman–Crippen MR) is 80.7 cm³/mol. The van der Waals surface area contributed by atoms with E-state index >= 15 is 0 Å². The molecule has 0 aromatic heterocycles. The van der Waals surface area contributed by atoms with Gasteiger partial charge in [-0.15, -0.1) is 11.8 Å². The number of hydrogen-bond donors (Lipinski definition) is 1. The average molecular weight is 321 g/mol. The Labute approximate surface area is 128 Å². The second-order valence-corrected chi connectivity index (χ2v) is 5.93. The summed E-state index contributed by atoms with van der Waals surface area (Å²) in [6.07, 6.45) is -3.15. The van der Waals surface area contributed by atoms with Gasteiger partial charge >= 0.3 is 6.18 Å². The third-order valence-electron chi connectivity index (χ3n) is 2.84. The van der Waals surface area contributed by atoms with Crippen molar-refractivity contribution in [1.82, 2.24) is 5.32 Å². The van der Waals surface area contributed by atoms with Crippen molar-refractivity contribution < 1.29 is 17.9 Å². The van der Waals surface area contributed by atoms with Crippen LogP contribution in [0.1, 0.15) is 31.9 Å². The molecule has 1 aromatic carbocycles. The quantitative estimate of drug-likeness (QED) is 0.537. The highest BCUT2D eigenvalue weighted by molar-refractivity contribution is 7.99. The molecule has 6 heteroatoms. The van der Waals surface area contributed by atoms with Crippen LogP contribution in [0.3, 0.4) is 0 Å². The van der Waals surface area contributed by atoms with E-state index in [1.54, 1.807) is 0 Å². The van der Waals surface area contributed by atoms with Gasteiger partial charge in [0, 0.05) is 16.7 Å². The number of ether oxygens (including phenoxy) is 1. The lowest BCUT2D eigenvalue weighted by atomic mass is 10.1. The summed E-state index contributed by atoms with van der Waals surface area (Å²) in [4.78, 5) is 1.04. The highest BCUT2D eigenvalue weighted by Crippen LogP contribution is 2.21. The molecule has 1 N–H and O–H groups in total. The van der Waals surface area contributed by atoms with Gasteiger partial charge in [-0.2, -0.15) is 13.2 Å². The lowest BCUT2D eigenvalue weighted by Crippen LogP contribution is -2.19. The molecule has 0 amide bonds. The minimum Gasteiger partial charge on any atom is -0.371 e. The molecule has 1 aromatic rings. The van der Waals surface area contributed by atoms with Crippen molar-refractivity contribution >= 4 is 11.8 Å². The maximum Gasteiger partial charge on any atom is 0.411 e. The zero-order valence-corrected chi connectivity index (χ0v) is 13.2. The second-order valence-electron chi connectivity index (χ2n) is 4.76. The first-order valence-corrected chi connectivity index (χ1v) is 8.01. The Hall–Kier alpha value is -0.720. The Balaban J connectivity index is 2.28. The van der Waals surface area contributed by atoms with Gasteiger partial charge in [0.15, 0.2) is 0 Å². The van der Waals surface area contributed by atoms with Gasteiger partial charge < -0.3 is 10.1 Å². The topological polar surface area (TPSA) is 21.3 Å². The van der Waals surface area contributed by atoms with Gasteiger partial charge in [0.05, 0.1) is 6.61 Å². The minimum atomic E-state index is -4.24. The highest BCUT2D eigenvalue weighted by atomic mass is 32.2. The zero-order valence-electron chi connectivity index (χ0n) is 12.4. The fourth-order valence-electron chi connectivity index (χ4n) is 1.74. The second kappa shape index (κ2) is 9.33. The minimum absolute atomic E-state index is 0.0976. The summed E-state index contributed by atoms with van der Waals surface area (Å²) in [6.45, 7) is 4.14. The Kier molecular flexibility index (Phi) is 8.14. The van der Waals surface area contributed by atoms with Gasteiger partial charge in [-0.3, -0.25) is 0 Å². The molecule has 0 radical (unpaired) electrons. The summed E-state index contributed by atoms with van der Waals surface area (Å²) in [5, 5.41) is 3.41. The summed E-state index contributed by atoms with van der Waals surface area (Å²) in [6, 6.07) is 8.39. The summed E-state index contributed by atoms with van der Waals surface area (Å²) in [7, 11) is 0. The predicted octanol–water partition coefficient (Wildman–Crippen LogP) is 4.42. The third-order valence-corrected chi connectivity index (χ3v) is 3.82. The maximum absolute atomic E-state index is 11.9. The van der Waals surface area contributed by atoms with Crippen molar-refractivity contribution in [1.29, 1.82) is 0 Å². The largest absolute Gasteiger partial charge is 0.411 e. The molecule has 0 fully saturated rings. The van der Waals surface area contributed by atoms with Crippen molar-refractivity contribution in [2.24, 2.45) is 0 Å². The molecule has 0 saturated carbocycles. The Bertz CT molecular complexity index is 395. The average Bonchev–Trinajstić information content (AvgIpc) is 2.44. The zero-order chi connectivity index (χ0) is 15.7. The van der Waals surface area contributed by atoms with Gasteiger partial charge in [-0.05, 0) is 37.6 Å². The Morgan fingerprint density at radius 2 is 1.90 bits per heavy atom. The van der Waals surface area contributed by atoms with Gasteiger partial charge in [0.2, 0.25) is 0 Å². The van der Waals surface area contributed by atoms with Crippen LogP contribution in [0, 0.1) is 0 Å².